The molecular formula is C18H22N2O3. The van der Waals surface area contributed by atoms with E-state index in [1.54, 1.807) is 27.2 Å². The van der Waals surface area contributed by atoms with Crippen LogP contribution in [0.4, 0.5) is 11.4 Å². The Morgan fingerprint density at radius 1 is 1.09 bits per heavy atom. The number of hydrogen-bond acceptors (Lipinski definition) is 4. The van der Waals surface area contributed by atoms with E-state index < -0.39 is 6.04 Å². The number of carbonyl (C=O) groups excluding carboxylic acids is 1. The number of methoxy groups -OCH3 is 2. The molecule has 0 aliphatic carbocycles. The zero-order valence-electron chi connectivity index (χ0n) is 13.8. The first kappa shape index (κ1) is 16.7. The van der Waals surface area contributed by atoms with E-state index in [0.717, 1.165) is 16.9 Å². The van der Waals surface area contributed by atoms with E-state index in [1.165, 1.54) is 0 Å². The Morgan fingerprint density at radius 3 is 2.52 bits per heavy atom. The molecule has 0 saturated carbocycles. The fourth-order valence-corrected chi connectivity index (χ4v) is 2.19. The number of ether oxygens (including phenoxy) is 2. The zero-order valence-corrected chi connectivity index (χ0v) is 13.8. The Hall–Kier alpha value is -2.69. The molecule has 1 atom stereocenters. The molecule has 1 amide bonds. The summed E-state index contributed by atoms with van der Waals surface area (Å²) in [5.41, 5.74) is 2.62. The molecule has 0 aliphatic rings. The van der Waals surface area contributed by atoms with E-state index in [4.69, 9.17) is 9.47 Å². The van der Waals surface area contributed by atoms with Crippen molar-refractivity contribution in [3.8, 4) is 11.5 Å². The molecule has 0 radical (unpaired) electrons. The zero-order chi connectivity index (χ0) is 16.8. The van der Waals surface area contributed by atoms with Crippen molar-refractivity contribution in [1.29, 1.82) is 0 Å². The summed E-state index contributed by atoms with van der Waals surface area (Å²) in [4.78, 5) is 12.3. The molecule has 0 saturated heterocycles. The summed E-state index contributed by atoms with van der Waals surface area (Å²) in [5.74, 6) is 1.21. The molecule has 0 spiro atoms. The number of benzene rings is 2. The van der Waals surface area contributed by atoms with Crippen LogP contribution in [0.25, 0.3) is 0 Å². The van der Waals surface area contributed by atoms with Gasteiger partial charge in [0, 0.05) is 11.8 Å². The molecule has 0 heterocycles. The Morgan fingerprint density at radius 2 is 1.87 bits per heavy atom. The Kier molecular flexibility index (Phi) is 5.46. The van der Waals surface area contributed by atoms with Gasteiger partial charge in [-0.2, -0.15) is 0 Å². The lowest BCUT2D eigenvalue weighted by atomic mass is 10.2. The normalized spacial score (nSPS) is 11.5. The minimum absolute atomic E-state index is 0.117. The topological polar surface area (TPSA) is 59.6 Å². The minimum Gasteiger partial charge on any atom is -0.497 e. The monoisotopic (exact) mass is 314 g/mol. The van der Waals surface area contributed by atoms with Crippen molar-refractivity contribution in [1.82, 2.24) is 0 Å². The van der Waals surface area contributed by atoms with Crippen LogP contribution in [0.1, 0.15) is 12.5 Å². The second-order valence-corrected chi connectivity index (χ2v) is 5.29. The quantitative estimate of drug-likeness (QED) is 0.857. The molecule has 0 fully saturated rings. The second kappa shape index (κ2) is 7.54. The van der Waals surface area contributed by atoms with Gasteiger partial charge in [-0.15, -0.1) is 0 Å². The highest BCUT2D eigenvalue weighted by Crippen LogP contribution is 2.29. The van der Waals surface area contributed by atoms with Crippen LogP contribution in [-0.4, -0.2) is 26.2 Å². The largest absolute Gasteiger partial charge is 0.497 e. The van der Waals surface area contributed by atoms with Gasteiger partial charge in [0.25, 0.3) is 0 Å². The highest BCUT2D eigenvalue weighted by molar-refractivity contribution is 5.96. The number of nitrogens with one attached hydrogen (secondary N) is 2. The fourth-order valence-electron chi connectivity index (χ4n) is 2.19. The van der Waals surface area contributed by atoms with Gasteiger partial charge in [0.05, 0.1) is 19.9 Å². The number of hydrogen-bond donors (Lipinski definition) is 2. The summed E-state index contributed by atoms with van der Waals surface area (Å²) in [6, 6.07) is 12.7. The molecule has 23 heavy (non-hydrogen) atoms. The van der Waals surface area contributed by atoms with Gasteiger partial charge in [0.2, 0.25) is 5.91 Å². The first-order chi connectivity index (χ1) is 11.0. The molecule has 2 aromatic carbocycles. The maximum Gasteiger partial charge on any atom is 0.246 e. The summed E-state index contributed by atoms with van der Waals surface area (Å²) in [5, 5.41) is 6.05. The lowest BCUT2D eigenvalue weighted by Crippen LogP contribution is -2.32. The Balaban J connectivity index is 2.06. The molecule has 2 aromatic rings. The van der Waals surface area contributed by atoms with Gasteiger partial charge in [-0.25, -0.2) is 0 Å². The van der Waals surface area contributed by atoms with Gasteiger partial charge in [0.1, 0.15) is 17.5 Å². The molecule has 5 nitrogen and oxygen atoms in total. The van der Waals surface area contributed by atoms with Crippen LogP contribution in [0.3, 0.4) is 0 Å². The number of carbonyl (C=O) groups is 1. The van der Waals surface area contributed by atoms with Crippen molar-refractivity contribution in [2.75, 3.05) is 24.9 Å². The maximum atomic E-state index is 12.3. The van der Waals surface area contributed by atoms with E-state index in [1.807, 2.05) is 43.3 Å². The van der Waals surface area contributed by atoms with Gasteiger partial charge < -0.3 is 20.1 Å². The summed E-state index contributed by atoms with van der Waals surface area (Å²) in [7, 11) is 3.18. The van der Waals surface area contributed by atoms with Gasteiger partial charge in [-0.05, 0) is 43.7 Å². The van der Waals surface area contributed by atoms with Crippen molar-refractivity contribution in [3.05, 3.63) is 48.0 Å². The molecular weight excluding hydrogens is 292 g/mol. The van der Waals surface area contributed by atoms with Crippen molar-refractivity contribution in [2.45, 2.75) is 19.9 Å². The van der Waals surface area contributed by atoms with Gasteiger partial charge in [-0.1, -0.05) is 12.1 Å². The molecule has 0 unspecified atom stereocenters. The van der Waals surface area contributed by atoms with Gasteiger partial charge >= 0.3 is 0 Å². The summed E-state index contributed by atoms with van der Waals surface area (Å²) in [6.45, 7) is 3.79. The van der Waals surface area contributed by atoms with Crippen LogP contribution in [0.2, 0.25) is 0 Å². The third-order valence-electron chi connectivity index (χ3n) is 3.46. The standard InChI is InChI=1S/C18H22N2O3/c1-12-6-5-7-14(10-12)20-18(21)13(2)19-16-9-8-15(22-3)11-17(16)23-4/h5-11,13,19H,1-4H3,(H,20,21)/t13-/m0/s1. The first-order valence-corrected chi connectivity index (χ1v) is 7.39. The van der Waals surface area contributed by atoms with Crippen LogP contribution in [0.15, 0.2) is 42.5 Å². The van der Waals surface area contributed by atoms with Gasteiger partial charge in [-0.3, -0.25) is 4.79 Å². The molecule has 0 aromatic heterocycles. The van der Waals surface area contributed by atoms with E-state index in [0.29, 0.717) is 11.5 Å². The SMILES string of the molecule is COc1ccc(N[C@@H](C)C(=O)Nc2cccc(C)c2)c(OC)c1. The van der Waals surface area contributed by atoms with Crippen LogP contribution in [0.5, 0.6) is 11.5 Å². The van der Waals surface area contributed by atoms with Crippen LogP contribution < -0.4 is 20.1 Å². The molecule has 0 bridgehead atoms. The Bertz CT molecular complexity index is 686. The first-order valence-electron chi connectivity index (χ1n) is 7.39. The smallest absolute Gasteiger partial charge is 0.246 e. The summed E-state index contributed by atoms with van der Waals surface area (Å²) in [6.07, 6.45) is 0. The number of rotatable bonds is 6. The minimum atomic E-state index is -0.419. The van der Waals surface area contributed by atoms with Crippen LogP contribution in [-0.2, 0) is 4.79 Å². The van der Waals surface area contributed by atoms with E-state index in [-0.39, 0.29) is 5.91 Å². The van der Waals surface area contributed by atoms with E-state index >= 15 is 0 Å². The highest BCUT2D eigenvalue weighted by Gasteiger charge is 2.15. The predicted octanol–water partition coefficient (Wildman–Crippen LogP) is 3.45. The lowest BCUT2D eigenvalue weighted by molar-refractivity contribution is -0.116. The van der Waals surface area contributed by atoms with Crippen LogP contribution >= 0.6 is 0 Å². The summed E-state index contributed by atoms with van der Waals surface area (Å²) >= 11 is 0. The van der Waals surface area contributed by atoms with Crippen molar-refractivity contribution in [2.24, 2.45) is 0 Å². The molecule has 2 N–H and O–H groups in total. The molecule has 0 aliphatic heterocycles. The average molecular weight is 314 g/mol. The number of anilines is 2. The molecule has 5 heteroatoms. The highest BCUT2D eigenvalue weighted by atomic mass is 16.5. The van der Waals surface area contributed by atoms with E-state index in [2.05, 4.69) is 10.6 Å². The number of aryl methyl sites for hydroxylation is 1. The average Bonchev–Trinajstić information content (AvgIpc) is 2.55. The maximum absolute atomic E-state index is 12.3. The number of amides is 1. The third kappa shape index (κ3) is 4.39. The molecule has 122 valence electrons. The Labute approximate surface area is 136 Å². The van der Waals surface area contributed by atoms with E-state index in [9.17, 15) is 4.79 Å². The van der Waals surface area contributed by atoms with Crippen molar-refractivity contribution in [3.63, 3.8) is 0 Å². The van der Waals surface area contributed by atoms with Crippen molar-refractivity contribution < 1.29 is 14.3 Å². The third-order valence-corrected chi connectivity index (χ3v) is 3.46. The summed E-state index contributed by atoms with van der Waals surface area (Å²) < 4.78 is 10.5. The van der Waals surface area contributed by atoms with Gasteiger partial charge in [0.15, 0.2) is 0 Å². The second-order valence-electron chi connectivity index (χ2n) is 5.29. The lowest BCUT2D eigenvalue weighted by Gasteiger charge is -2.18. The van der Waals surface area contributed by atoms with Crippen LogP contribution in [0, 0.1) is 6.92 Å². The van der Waals surface area contributed by atoms with Crippen molar-refractivity contribution >= 4 is 17.3 Å². The molecule has 2 rings (SSSR count). The fraction of sp³-hybridized carbons (Fsp3) is 0.278. The predicted molar refractivity (Wildman–Crippen MR) is 92.4 cm³/mol.